The number of hydrogen-bond acceptors (Lipinski definition) is 2. The molecule has 0 aliphatic heterocycles. The van der Waals surface area contributed by atoms with Crippen molar-refractivity contribution in [1.82, 2.24) is 0 Å². The van der Waals surface area contributed by atoms with Crippen LogP contribution in [-0.4, -0.2) is 0 Å². The number of nitrogen functional groups attached to an aromatic ring is 1. The number of halogens is 4. The molecule has 0 fully saturated rings. The summed E-state index contributed by atoms with van der Waals surface area (Å²) in [5.74, 6) is -0.693. The smallest absolute Gasteiger partial charge is 0.265 e. The van der Waals surface area contributed by atoms with Crippen LogP contribution in [0.2, 0.25) is 5.02 Å². The van der Waals surface area contributed by atoms with E-state index in [0.717, 1.165) is 6.07 Å². The minimum absolute atomic E-state index is 0.0270. The molecule has 6 heteroatoms. The largest absolute Gasteiger partial charge is 0.399 e. The lowest BCUT2D eigenvalue weighted by molar-refractivity contribution is 0.152. The number of rotatable bonds is 3. The van der Waals surface area contributed by atoms with Crippen molar-refractivity contribution >= 4 is 28.7 Å². The van der Waals surface area contributed by atoms with E-state index in [-0.39, 0.29) is 27.6 Å². The highest BCUT2D eigenvalue weighted by molar-refractivity contribution is 6.31. The lowest BCUT2D eigenvalue weighted by Crippen LogP contribution is -2.00. The van der Waals surface area contributed by atoms with E-state index in [9.17, 15) is 13.2 Å². The number of alkyl halides is 2. The van der Waals surface area contributed by atoms with Crippen LogP contribution in [0, 0.1) is 5.82 Å². The summed E-state index contributed by atoms with van der Waals surface area (Å²) in [6, 6.07) is 8.28. The topological polar surface area (TPSA) is 38.0 Å². The normalized spacial score (nSPS) is 10.8. The average molecular weight is 287 g/mol. The third-order valence-electron chi connectivity index (χ3n) is 2.53. The zero-order valence-electron chi connectivity index (χ0n) is 9.63. The summed E-state index contributed by atoms with van der Waals surface area (Å²) < 4.78 is 39.4. The highest BCUT2D eigenvalue weighted by atomic mass is 35.5. The molecule has 0 saturated heterocycles. The molecule has 3 N–H and O–H groups in total. The number of nitrogens with two attached hydrogens (primary N) is 1. The maximum absolute atomic E-state index is 13.7. The van der Waals surface area contributed by atoms with Gasteiger partial charge in [-0.05, 0) is 30.3 Å². The molecule has 2 rings (SSSR count). The summed E-state index contributed by atoms with van der Waals surface area (Å²) >= 11 is 5.62. The van der Waals surface area contributed by atoms with Gasteiger partial charge >= 0.3 is 0 Å². The van der Waals surface area contributed by atoms with Gasteiger partial charge in [-0.25, -0.2) is 13.2 Å². The van der Waals surface area contributed by atoms with Gasteiger partial charge in [-0.1, -0.05) is 17.7 Å². The van der Waals surface area contributed by atoms with Gasteiger partial charge in [-0.3, -0.25) is 0 Å². The highest BCUT2D eigenvalue weighted by Gasteiger charge is 2.15. The molecule has 2 aromatic rings. The van der Waals surface area contributed by atoms with Crippen LogP contribution in [0.4, 0.5) is 30.2 Å². The second-order valence-electron chi connectivity index (χ2n) is 3.87. The van der Waals surface area contributed by atoms with Crippen LogP contribution in [0.3, 0.4) is 0 Å². The molecule has 0 unspecified atom stereocenters. The van der Waals surface area contributed by atoms with Crippen molar-refractivity contribution in [3.8, 4) is 0 Å². The van der Waals surface area contributed by atoms with Gasteiger partial charge in [-0.15, -0.1) is 0 Å². The fourth-order valence-corrected chi connectivity index (χ4v) is 1.80. The summed E-state index contributed by atoms with van der Waals surface area (Å²) in [6.45, 7) is 0. The minimum atomic E-state index is -2.71. The summed E-state index contributed by atoms with van der Waals surface area (Å²) in [7, 11) is 0. The number of benzene rings is 2. The Morgan fingerprint density at radius 3 is 2.53 bits per heavy atom. The fourth-order valence-electron chi connectivity index (χ4n) is 1.62. The minimum Gasteiger partial charge on any atom is -0.399 e. The third kappa shape index (κ3) is 2.93. The molecule has 100 valence electrons. The molecule has 0 saturated carbocycles. The molecule has 0 aliphatic rings. The van der Waals surface area contributed by atoms with Gasteiger partial charge in [0.1, 0.15) is 0 Å². The number of anilines is 3. The van der Waals surface area contributed by atoms with Gasteiger partial charge in [0.25, 0.3) is 6.43 Å². The first-order valence-corrected chi connectivity index (χ1v) is 5.75. The molecule has 2 nitrogen and oxygen atoms in total. The van der Waals surface area contributed by atoms with Gasteiger partial charge in [0.15, 0.2) is 5.82 Å². The molecule has 0 amide bonds. The van der Waals surface area contributed by atoms with Crippen LogP contribution in [0.1, 0.15) is 12.0 Å². The second kappa shape index (κ2) is 5.40. The summed E-state index contributed by atoms with van der Waals surface area (Å²) in [5, 5.41) is 2.51. The van der Waals surface area contributed by atoms with Crippen LogP contribution in [0.5, 0.6) is 0 Å². The van der Waals surface area contributed by atoms with Crippen molar-refractivity contribution in [3.63, 3.8) is 0 Å². The van der Waals surface area contributed by atoms with E-state index in [2.05, 4.69) is 5.32 Å². The third-order valence-corrected chi connectivity index (χ3v) is 2.82. The second-order valence-corrected chi connectivity index (χ2v) is 4.28. The number of nitrogens with one attached hydrogen (secondary N) is 1. The maximum Gasteiger partial charge on any atom is 0.265 e. The average Bonchev–Trinajstić information content (AvgIpc) is 2.36. The van der Waals surface area contributed by atoms with Crippen molar-refractivity contribution in [2.24, 2.45) is 0 Å². The Balaban J connectivity index is 2.41. The quantitative estimate of drug-likeness (QED) is 0.800. The molecule has 0 radical (unpaired) electrons. The molecule has 0 spiro atoms. The van der Waals surface area contributed by atoms with Crippen LogP contribution >= 0.6 is 11.6 Å². The van der Waals surface area contributed by atoms with Crippen LogP contribution in [0.15, 0.2) is 36.4 Å². The van der Waals surface area contributed by atoms with Crippen molar-refractivity contribution in [2.45, 2.75) is 6.43 Å². The first-order valence-electron chi connectivity index (χ1n) is 5.37. The Labute approximate surface area is 113 Å². The van der Waals surface area contributed by atoms with E-state index >= 15 is 0 Å². The van der Waals surface area contributed by atoms with E-state index in [4.69, 9.17) is 17.3 Å². The molecule has 0 heterocycles. The van der Waals surface area contributed by atoms with E-state index in [0.29, 0.717) is 0 Å². The molecule has 0 bridgehead atoms. The van der Waals surface area contributed by atoms with Crippen molar-refractivity contribution < 1.29 is 13.2 Å². The van der Waals surface area contributed by atoms with Crippen LogP contribution in [0.25, 0.3) is 0 Å². The molecule has 2 aromatic carbocycles. The van der Waals surface area contributed by atoms with E-state index in [1.54, 1.807) is 0 Å². The van der Waals surface area contributed by atoms with E-state index < -0.39 is 12.2 Å². The van der Waals surface area contributed by atoms with Gasteiger partial charge in [0, 0.05) is 16.9 Å². The zero-order valence-corrected chi connectivity index (χ0v) is 10.4. The SMILES string of the molecule is Nc1ccc(Nc2cccc(Cl)c2F)c(C(F)F)c1. The molecule has 0 aromatic heterocycles. The Morgan fingerprint density at radius 1 is 1.11 bits per heavy atom. The lowest BCUT2D eigenvalue weighted by Gasteiger charge is -2.13. The molecule has 0 atom stereocenters. The Kier molecular flexibility index (Phi) is 3.85. The lowest BCUT2D eigenvalue weighted by atomic mass is 10.1. The summed E-state index contributed by atoms with van der Waals surface area (Å²) in [6.07, 6.45) is -2.71. The predicted molar refractivity (Wildman–Crippen MR) is 70.5 cm³/mol. The Hall–Kier alpha value is -1.88. The molecule has 0 aliphatic carbocycles. The highest BCUT2D eigenvalue weighted by Crippen LogP contribution is 2.32. The Bertz CT molecular complexity index is 602. The zero-order chi connectivity index (χ0) is 14.0. The first kappa shape index (κ1) is 13.5. The van der Waals surface area contributed by atoms with E-state index in [1.807, 2.05) is 0 Å². The summed E-state index contributed by atoms with van der Waals surface area (Å²) in [5.41, 5.74) is 5.49. The van der Waals surface area contributed by atoms with Crippen molar-refractivity contribution in [3.05, 3.63) is 52.8 Å². The maximum atomic E-state index is 13.7. The van der Waals surface area contributed by atoms with Gasteiger partial charge in [0.05, 0.1) is 10.7 Å². The molecular weight excluding hydrogens is 277 g/mol. The number of hydrogen-bond donors (Lipinski definition) is 2. The van der Waals surface area contributed by atoms with Gasteiger partial charge < -0.3 is 11.1 Å². The van der Waals surface area contributed by atoms with Crippen molar-refractivity contribution in [2.75, 3.05) is 11.1 Å². The van der Waals surface area contributed by atoms with Gasteiger partial charge in [-0.2, -0.15) is 0 Å². The fraction of sp³-hybridized carbons (Fsp3) is 0.0769. The van der Waals surface area contributed by atoms with E-state index in [1.165, 1.54) is 30.3 Å². The van der Waals surface area contributed by atoms with Crippen molar-refractivity contribution in [1.29, 1.82) is 0 Å². The monoisotopic (exact) mass is 286 g/mol. The van der Waals surface area contributed by atoms with Crippen LogP contribution < -0.4 is 11.1 Å². The van der Waals surface area contributed by atoms with Gasteiger partial charge in [0.2, 0.25) is 0 Å². The molecular formula is C13H10ClF3N2. The predicted octanol–water partition coefficient (Wildman–Crippen LogP) is 4.74. The van der Waals surface area contributed by atoms with Crippen LogP contribution in [-0.2, 0) is 0 Å². The molecule has 19 heavy (non-hydrogen) atoms. The summed E-state index contributed by atoms with van der Waals surface area (Å²) in [4.78, 5) is 0. The standard InChI is InChI=1S/C13H10ClF3N2/c14-9-2-1-3-11(12(9)15)19-10-5-4-7(18)6-8(10)13(16)17/h1-6,13,19H,18H2. The Morgan fingerprint density at radius 2 is 1.84 bits per heavy atom. The first-order chi connectivity index (χ1) is 8.99.